The molecule has 2 aromatic rings. The molecule has 0 saturated carbocycles. The maximum atomic E-state index is 11.9. The number of pyridine rings is 1. The fourth-order valence-electron chi connectivity index (χ4n) is 3.23. The van der Waals surface area contributed by atoms with Gasteiger partial charge >= 0.3 is 0 Å². The third-order valence-corrected chi connectivity index (χ3v) is 4.36. The van der Waals surface area contributed by atoms with E-state index in [4.69, 9.17) is 0 Å². The van der Waals surface area contributed by atoms with Gasteiger partial charge in [0.05, 0.1) is 11.2 Å². The summed E-state index contributed by atoms with van der Waals surface area (Å²) >= 11 is 0. The quantitative estimate of drug-likeness (QED) is 0.632. The highest BCUT2D eigenvalue weighted by molar-refractivity contribution is 6.14. The van der Waals surface area contributed by atoms with Crippen molar-refractivity contribution in [1.29, 1.82) is 0 Å². The third kappa shape index (κ3) is 2.32. The average molecular weight is 305 g/mol. The Morgan fingerprint density at radius 3 is 2.74 bits per heavy atom. The molecule has 4 heteroatoms. The van der Waals surface area contributed by atoms with Gasteiger partial charge in [-0.2, -0.15) is 0 Å². The van der Waals surface area contributed by atoms with Crippen LogP contribution in [0.2, 0.25) is 0 Å². The number of para-hydroxylation sites is 1. The van der Waals surface area contributed by atoms with E-state index in [1.807, 2.05) is 12.1 Å². The fraction of sp³-hybridized carbons (Fsp3) is 0.211. The van der Waals surface area contributed by atoms with E-state index in [1.54, 1.807) is 12.1 Å². The zero-order valence-electron chi connectivity index (χ0n) is 13.3. The number of aromatic nitrogens is 2. The smallest absolute Gasteiger partial charge is 0.180 e. The minimum absolute atomic E-state index is 0.0512. The number of H-pyrrole nitrogens is 1. The SMILES string of the molecule is CN(C)CCn1cc2[nH]c3ccccc3c2c2ccc(=O)cc1-2. The maximum Gasteiger partial charge on any atom is 0.180 e. The number of benzene rings is 2. The summed E-state index contributed by atoms with van der Waals surface area (Å²) in [5.74, 6) is 0. The molecular weight excluding hydrogens is 286 g/mol. The van der Waals surface area contributed by atoms with Crippen LogP contribution in [0.25, 0.3) is 33.1 Å². The highest BCUT2D eigenvalue weighted by Crippen LogP contribution is 2.35. The molecule has 4 nitrogen and oxygen atoms in total. The Balaban J connectivity index is 2.07. The zero-order chi connectivity index (χ0) is 16.0. The van der Waals surface area contributed by atoms with Gasteiger partial charge in [-0.1, -0.05) is 18.2 Å². The van der Waals surface area contributed by atoms with Crippen LogP contribution in [0.4, 0.5) is 0 Å². The lowest BCUT2D eigenvalue weighted by molar-refractivity contribution is 0.384. The van der Waals surface area contributed by atoms with Gasteiger partial charge in [0.15, 0.2) is 5.43 Å². The number of rotatable bonds is 3. The minimum atomic E-state index is 0.0512. The molecule has 1 N–H and O–H groups in total. The summed E-state index contributed by atoms with van der Waals surface area (Å²) in [6.45, 7) is 1.77. The Kier molecular flexibility index (Phi) is 3.20. The van der Waals surface area contributed by atoms with Crippen LogP contribution >= 0.6 is 0 Å². The van der Waals surface area contributed by atoms with Gasteiger partial charge < -0.3 is 14.5 Å². The topological polar surface area (TPSA) is 41.0 Å². The van der Waals surface area contributed by atoms with Crippen LogP contribution in [0.15, 0.2) is 53.5 Å². The predicted molar refractivity (Wildman–Crippen MR) is 95.2 cm³/mol. The van der Waals surface area contributed by atoms with Gasteiger partial charge in [-0.15, -0.1) is 0 Å². The monoisotopic (exact) mass is 305 g/mol. The molecule has 0 spiro atoms. The van der Waals surface area contributed by atoms with Crippen molar-refractivity contribution in [2.45, 2.75) is 6.54 Å². The number of aromatic amines is 1. The van der Waals surface area contributed by atoms with E-state index in [-0.39, 0.29) is 5.43 Å². The summed E-state index contributed by atoms with van der Waals surface area (Å²) in [6, 6.07) is 13.7. The molecule has 0 bridgehead atoms. The maximum absolute atomic E-state index is 11.9. The molecule has 0 unspecified atom stereocenters. The molecule has 1 aliphatic carbocycles. The lowest BCUT2D eigenvalue weighted by Crippen LogP contribution is -2.20. The van der Waals surface area contributed by atoms with Crippen LogP contribution in [0, 0.1) is 0 Å². The Labute approximate surface area is 134 Å². The number of hydrogen-bond acceptors (Lipinski definition) is 2. The average Bonchev–Trinajstić information content (AvgIpc) is 2.90. The number of hydrogen-bond donors (Lipinski definition) is 1. The van der Waals surface area contributed by atoms with Crippen molar-refractivity contribution >= 4 is 21.8 Å². The van der Waals surface area contributed by atoms with Crippen LogP contribution in [0.1, 0.15) is 0 Å². The summed E-state index contributed by atoms with van der Waals surface area (Å²) < 4.78 is 2.18. The van der Waals surface area contributed by atoms with Gasteiger partial charge in [-0.05, 0) is 32.3 Å². The summed E-state index contributed by atoms with van der Waals surface area (Å²) in [6.07, 6.45) is 2.13. The van der Waals surface area contributed by atoms with Gasteiger partial charge in [0.25, 0.3) is 0 Å². The second-order valence-electron chi connectivity index (χ2n) is 6.26. The van der Waals surface area contributed by atoms with E-state index >= 15 is 0 Å². The van der Waals surface area contributed by atoms with Crippen molar-refractivity contribution in [2.24, 2.45) is 0 Å². The van der Waals surface area contributed by atoms with E-state index in [0.29, 0.717) is 0 Å². The first kappa shape index (κ1) is 14.0. The lowest BCUT2D eigenvalue weighted by Gasteiger charge is -2.18. The van der Waals surface area contributed by atoms with Crippen molar-refractivity contribution in [3.63, 3.8) is 0 Å². The van der Waals surface area contributed by atoms with Crippen molar-refractivity contribution in [2.75, 3.05) is 20.6 Å². The molecule has 116 valence electrons. The summed E-state index contributed by atoms with van der Waals surface area (Å²) in [7, 11) is 4.12. The van der Waals surface area contributed by atoms with Crippen LogP contribution in [0.5, 0.6) is 0 Å². The van der Waals surface area contributed by atoms with Gasteiger partial charge in [0.2, 0.25) is 0 Å². The van der Waals surface area contributed by atoms with Crippen molar-refractivity contribution in [3.05, 3.63) is 58.9 Å². The Morgan fingerprint density at radius 2 is 1.91 bits per heavy atom. The van der Waals surface area contributed by atoms with Crippen molar-refractivity contribution in [1.82, 2.24) is 14.5 Å². The van der Waals surface area contributed by atoms with E-state index < -0.39 is 0 Å². The number of fused-ring (bicyclic) bond motifs is 5. The molecule has 4 rings (SSSR count). The van der Waals surface area contributed by atoms with E-state index in [2.05, 4.69) is 52.9 Å². The first-order valence-corrected chi connectivity index (χ1v) is 7.82. The van der Waals surface area contributed by atoms with Crippen LogP contribution in [-0.2, 0) is 6.54 Å². The number of likely N-dealkylation sites (N-methyl/N-ethyl adjacent to an activating group) is 1. The van der Waals surface area contributed by atoms with Crippen LogP contribution in [-0.4, -0.2) is 35.1 Å². The van der Waals surface area contributed by atoms with E-state index in [9.17, 15) is 4.79 Å². The van der Waals surface area contributed by atoms with Crippen LogP contribution in [0.3, 0.4) is 0 Å². The zero-order valence-corrected chi connectivity index (χ0v) is 13.3. The minimum Gasteiger partial charge on any atom is -0.353 e. The second-order valence-corrected chi connectivity index (χ2v) is 6.26. The summed E-state index contributed by atoms with van der Waals surface area (Å²) in [4.78, 5) is 17.5. The first-order chi connectivity index (χ1) is 11.1. The summed E-state index contributed by atoms with van der Waals surface area (Å²) in [5.41, 5.74) is 4.40. The van der Waals surface area contributed by atoms with Crippen molar-refractivity contribution in [3.8, 4) is 11.3 Å². The molecule has 0 atom stereocenters. The highest BCUT2D eigenvalue weighted by Gasteiger charge is 2.15. The van der Waals surface area contributed by atoms with Gasteiger partial charge in [0.1, 0.15) is 0 Å². The van der Waals surface area contributed by atoms with Gasteiger partial charge in [-0.3, -0.25) is 4.79 Å². The number of nitrogens with zero attached hydrogens (tertiary/aromatic N) is 2. The molecule has 2 aliphatic rings. The Hall–Kier alpha value is -2.59. The molecule has 0 amide bonds. The molecule has 23 heavy (non-hydrogen) atoms. The second kappa shape index (κ2) is 5.25. The van der Waals surface area contributed by atoms with Gasteiger partial charge in [-0.25, -0.2) is 0 Å². The molecule has 1 aromatic carbocycles. The Morgan fingerprint density at radius 1 is 1.09 bits per heavy atom. The molecule has 0 fully saturated rings. The summed E-state index contributed by atoms with van der Waals surface area (Å²) in [5, 5.41) is 2.39. The molecule has 0 radical (unpaired) electrons. The standard InChI is InChI=1S/C19H19N3O/c1-21(2)9-10-22-12-17-19(14-5-3-4-6-16(14)20-17)15-8-7-13(23)11-18(15)22/h3-8,11-12,20H,9-10H2,1-2H3. The third-order valence-electron chi connectivity index (χ3n) is 4.36. The largest absolute Gasteiger partial charge is 0.353 e. The fourth-order valence-corrected chi connectivity index (χ4v) is 3.23. The predicted octanol–water partition coefficient (Wildman–Crippen LogP) is 3.15. The first-order valence-electron chi connectivity index (χ1n) is 7.82. The number of nitrogens with one attached hydrogen (secondary N) is 1. The molecule has 1 aromatic heterocycles. The highest BCUT2D eigenvalue weighted by atomic mass is 16.1. The lowest BCUT2D eigenvalue weighted by atomic mass is 10.0. The van der Waals surface area contributed by atoms with Crippen LogP contribution < -0.4 is 5.43 Å². The Bertz CT molecular complexity index is 1030. The molecule has 1 aliphatic heterocycles. The van der Waals surface area contributed by atoms with Crippen molar-refractivity contribution < 1.29 is 0 Å². The molecule has 2 heterocycles. The molecular formula is C19H19N3O. The van der Waals surface area contributed by atoms with Gasteiger partial charge in [0, 0.05) is 47.2 Å². The van der Waals surface area contributed by atoms with E-state index in [1.165, 1.54) is 10.8 Å². The molecule has 0 saturated heterocycles. The normalized spacial score (nSPS) is 12.0. The van der Waals surface area contributed by atoms with E-state index in [0.717, 1.165) is 35.4 Å².